The number of carbonyl (C=O) groups is 3. The van der Waals surface area contributed by atoms with Crippen LogP contribution in [0.25, 0.3) is 0 Å². The van der Waals surface area contributed by atoms with Gasteiger partial charge in [-0.15, -0.1) is 0 Å². The molecule has 0 bridgehead atoms. The zero-order valence-electron chi connectivity index (χ0n) is 18.1. The van der Waals surface area contributed by atoms with Crippen molar-refractivity contribution in [3.63, 3.8) is 0 Å². The highest BCUT2D eigenvalue weighted by atomic mass is 127. The number of benzene rings is 3. The van der Waals surface area contributed by atoms with Crippen LogP contribution in [0.1, 0.15) is 17.5 Å². The lowest BCUT2D eigenvalue weighted by Crippen LogP contribution is -2.47. The first-order valence-corrected chi connectivity index (χ1v) is 12.6. The fraction of sp³-hybridized carbons (Fsp3) is 0.192. The molecule has 1 saturated heterocycles. The second-order valence-electron chi connectivity index (χ2n) is 8.03. The zero-order valence-corrected chi connectivity index (χ0v) is 21.8. The molecule has 3 aromatic rings. The van der Waals surface area contributed by atoms with Crippen molar-refractivity contribution in [2.45, 2.75) is 25.3 Å². The third kappa shape index (κ3) is 5.79. The number of nitrogens with zero attached hydrogens (tertiary/aromatic N) is 2. The summed E-state index contributed by atoms with van der Waals surface area (Å²) in [4.78, 5) is 42.3. The number of imide groups is 1. The van der Waals surface area contributed by atoms with Crippen molar-refractivity contribution in [3.8, 4) is 0 Å². The van der Waals surface area contributed by atoms with Gasteiger partial charge in [0.15, 0.2) is 0 Å². The maximum absolute atomic E-state index is 13.4. The molecule has 0 spiro atoms. The summed E-state index contributed by atoms with van der Waals surface area (Å²) in [7, 11) is 0. The third-order valence-electron chi connectivity index (χ3n) is 5.70. The van der Waals surface area contributed by atoms with Crippen molar-refractivity contribution >= 4 is 69.2 Å². The number of hydrogen-bond donors (Lipinski definition) is 0. The molecule has 0 N–H and O–H groups in total. The van der Waals surface area contributed by atoms with Gasteiger partial charge in [0.1, 0.15) is 6.04 Å². The normalized spacial score (nSPS) is 15.6. The maximum atomic E-state index is 13.4. The predicted octanol–water partition coefficient (Wildman–Crippen LogP) is 5.54. The number of carbonyl (C=O) groups excluding carboxylic acids is 3. The molecule has 1 heterocycles. The highest BCUT2D eigenvalue weighted by Crippen LogP contribution is 2.27. The Morgan fingerprint density at radius 3 is 2.32 bits per heavy atom. The molecule has 3 amide bonds. The number of amides is 3. The number of hydrogen-bond acceptors (Lipinski definition) is 3. The summed E-state index contributed by atoms with van der Waals surface area (Å²) in [5.41, 5.74) is 2.24. The zero-order chi connectivity index (χ0) is 24.2. The lowest BCUT2D eigenvalue weighted by Gasteiger charge is -2.28. The van der Waals surface area contributed by atoms with Gasteiger partial charge in [-0.1, -0.05) is 47.5 Å². The lowest BCUT2D eigenvalue weighted by atomic mass is 10.1. The predicted molar refractivity (Wildman–Crippen MR) is 142 cm³/mol. The van der Waals surface area contributed by atoms with Crippen LogP contribution in [-0.4, -0.2) is 35.2 Å². The van der Waals surface area contributed by atoms with Crippen LogP contribution in [0.5, 0.6) is 0 Å². The molecule has 1 aliphatic rings. The van der Waals surface area contributed by atoms with Crippen molar-refractivity contribution in [1.82, 2.24) is 4.90 Å². The van der Waals surface area contributed by atoms with Gasteiger partial charge in [-0.2, -0.15) is 0 Å². The van der Waals surface area contributed by atoms with Crippen molar-refractivity contribution < 1.29 is 14.4 Å². The largest absolute Gasteiger partial charge is 0.329 e. The van der Waals surface area contributed by atoms with E-state index in [0.717, 1.165) is 14.7 Å². The maximum Gasteiger partial charge on any atom is 0.257 e. The minimum absolute atomic E-state index is 0.0489. The summed E-state index contributed by atoms with van der Waals surface area (Å²) in [5, 5.41) is 1.19. The van der Waals surface area contributed by atoms with Crippen LogP contribution in [0.15, 0.2) is 72.8 Å². The standard InChI is InChI=1S/C26H21Cl2IN2O3/c27-19-6-4-18(5-7-19)15-24(32)30(13-12-17-2-1-3-20(28)14-17)23-16-25(33)31(26(23)34)22-10-8-21(29)9-11-22/h1-11,14,23H,12-13,15-16H2. The van der Waals surface area contributed by atoms with E-state index in [-0.39, 0.29) is 37.1 Å². The SMILES string of the molecule is O=C1CC(N(CCc2cccc(Cl)c2)C(=O)Cc2ccc(Cl)cc2)C(=O)N1c1ccc(I)cc1. The van der Waals surface area contributed by atoms with Gasteiger partial charge in [0, 0.05) is 20.2 Å². The molecule has 0 aromatic heterocycles. The van der Waals surface area contributed by atoms with E-state index in [0.29, 0.717) is 22.2 Å². The highest BCUT2D eigenvalue weighted by Gasteiger charge is 2.44. The van der Waals surface area contributed by atoms with Gasteiger partial charge in [-0.25, -0.2) is 4.90 Å². The van der Waals surface area contributed by atoms with Gasteiger partial charge in [0.05, 0.1) is 18.5 Å². The molecule has 0 saturated carbocycles. The van der Waals surface area contributed by atoms with E-state index < -0.39 is 6.04 Å². The summed E-state index contributed by atoms with van der Waals surface area (Å²) in [6, 6.07) is 20.7. The van der Waals surface area contributed by atoms with Gasteiger partial charge in [0.25, 0.3) is 5.91 Å². The van der Waals surface area contributed by atoms with Gasteiger partial charge in [-0.3, -0.25) is 14.4 Å². The second kappa shape index (κ2) is 10.9. The third-order valence-corrected chi connectivity index (χ3v) is 6.91. The Hall–Kier alpha value is -2.42. The quantitative estimate of drug-likeness (QED) is 0.262. The Balaban J connectivity index is 1.58. The molecule has 174 valence electrons. The summed E-state index contributed by atoms with van der Waals surface area (Å²) in [6.07, 6.45) is 0.565. The van der Waals surface area contributed by atoms with Gasteiger partial charge in [-0.05, 0) is 88.7 Å². The molecule has 0 aliphatic carbocycles. The molecule has 5 nitrogen and oxygen atoms in total. The monoisotopic (exact) mass is 606 g/mol. The summed E-state index contributed by atoms with van der Waals surface area (Å²) in [6.45, 7) is 0.289. The van der Waals surface area contributed by atoms with Gasteiger partial charge >= 0.3 is 0 Å². The average Bonchev–Trinajstić information content (AvgIpc) is 3.10. The Morgan fingerprint density at radius 2 is 1.65 bits per heavy atom. The first kappa shape index (κ1) is 24.7. The fourth-order valence-corrected chi connectivity index (χ4v) is 4.69. The minimum atomic E-state index is -0.856. The van der Waals surface area contributed by atoms with E-state index in [1.165, 1.54) is 9.80 Å². The summed E-state index contributed by atoms with van der Waals surface area (Å²) in [5.74, 6) is -0.926. The highest BCUT2D eigenvalue weighted by molar-refractivity contribution is 14.1. The molecule has 0 radical (unpaired) electrons. The van der Waals surface area contributed by atoms with Crippen molar-refractivity contribution in [2.24, 2.45) is 0 Å². The smallest absolute Gasteiger partial charge is 0.257 e. The first-order chi connectivity index (χ1) is 16.3. The average molecular weight is 607 g/mol. The number of halogens is 3. The second-order valence-corrected chi connectivity index (χ2v) is 10.2. The Labute approximate surface area is 221 Å². The van der Waals surface area contributed by atoms with Crippen molar-refractivity contribution in [3.05, 3.63) is 97.5 Å². The first-order valence-electron chi connectivity index (χ1n) is 10.7. The molecular weight excluding hydrogens is 586 g/mol. The molecule has 3 aromatic carbocycles. The van der Waals surface area contributed by atoms with Crippen LogP contribution in [0.2, 0.25) is 10.0 Å². The molecule has 1 fully saturated rings. The Morgan fingerprint density at radius 1 is 0.941 bits per heavy atom. The van der Waals surface area contributed by atoms with Crippen molar-refractivity contribution in [2.75, 3.05) is 11.4 Å². The van der Waals surface area contributed by atoms with E-state index in [1.54, 1.807) is 42.5 Å². The number of rotatable bonds is 7. The summed E-state index contributed by atoms with van der Waals surface area (Å²) < 4.78 is 0.998. The van der Waals surface area contributed by atoms with E-state index >= 15 is 0 Å². The molecule has 4 rings (SSSR count). The van der Waals surface area contributed by atoms with Crippen LogP contribution in [0, 0.1) is 3.57 Å². The van der Waals surface area contributed by atoms with Crippen LogP contribution in [0.3, 0.4) is 0 Å². The summed E-state index contributed by atoms with van der Waals surface area (Å²) >= 11 is 14.2. The Kier molecular flexibility index (Phi) is 7.91. The van der Waals surface area contributed by atoms with Gasteiger partial charge in [0.2, 0.25) is 11.8 Å². The van der Waals surface area contributed by atoms with E-state index in [4.69, 9.17) is 23.2 Å². The Bertz CT molecular complexity index is 1220. The molecule has 8 heteroatoms. The fourth-order valence-electron chi connectivity index (χ4n) is 4.00. The molecule has 34 heavy (non-hydrogen) atoms. The van der Waals surface area contributed by atoms with E-state index in [2.05, 4.69) is 22.6 Å². The van der Waals surface area contributed by atoms with E-state index in [9.17, 15) is 14.4 Å². The van der Waals surface area contributed by atoms with Crippen LogP contribution in [-0.2, 0) is 27.2 Å². The van der Waals surface area contributed by atoms with Crippen LogP contribution >= 0.6 is 45.8 Å². The van der Waals surface area contributed by atoms with E-state index in [1.807, 2.05) is 30.3 Å². The molecule has 1 aliphatic heterocycles. The minimum Gasteiger partial charge on any atom is -0.329 e. The van der Waals surface area contributed by atoms with Crippen molar-refractivity contribution in [1.29, 1.82) is 0 Å². The lowest BCUT2D eigenvalue weighted by molar-refractivity contribution is -0.137. The molecule has 1 unspecified atom stereocenters. The van der Waals surface area contributed by atoms with Gasteiger partial charge < -0.3 is 4.90 Å². The molecule has 1 atom stereocenters. The van der Waals surface area contributed by atoms with Crippen LogP contribution in [0.4, 0.5) is 5.69 Å². The topological polar surface area (TPSA) is 57.7 Å². The van der Waals surface area contributed by atoms with Crippen LogP contribution < -0.4 is 4.90 Å². The number of anilines is 1. The molecular formula is C26H21Cl2IN2O3.